The van der Waals surface area contributed by atoms with E-state index in [4.69, 9.17) is 4.98 Å². The summed E-state index contributed by atoms with van der Waals surface area (Å²) in [4.78, 5) is 22.6. The number of hydrogen-bond donors (Lipinski definition) is 0. The Balaban J connectivity index is 1.42. The highest BCUT2D eigenvalue weighted by Crippen LogP contribution is 2.29. The monoisotopic (exact) mass is 388 g/mol. The van der Waals surface area contributed by atoms with Crippen molar-refractivity contribution in [2.45, 2.75) is 38.8 Å². The fourth-order valence-corrected chi connectivity index (χ4v) is 4.71. The Morgan fingerprint density at radius 3 is 2.52 bits per heavy atom. The molecule has 0 atom stereocenters. The van der Waals surface area contributed by atoms with Gasteiger partial charge in [0, 0.05) is 44.3 Å². The topological polar surface area (TPSA) is 41.4 Å². The highest BCUT2D eigenvalue weighted by Gasteiger charge is 2.31. The lowest BCUT2D eigenvalue weighted by atomic mass is 9.91. The van der Waals surface area contributed by atoms with Crippen molar-refractivity contribution in [2.24, 2.45) is 0 Å². The molecule has 29 heavy (non-hydrogen) atoms. The summed E-state index contributed by atoms with van der Waals surface area (Å²) in [5.41, 5.74) is 1.78. The predicted octanol–water partition coefficient (Wildman–Crippen LogP) is 4.03. The Kier molecular flexibility index (Phi) is 4.84. The second kappa shape index (κ2) is 7.64. The number of carbonyl (C=O) groups is 1. The Hall–Kier alpha value is -2.66. The van der Waals surface area contributed by atoms with Crippen LogP contribution in [0.25, 0.3) is 22.2 Å². The summed E-state index contributed by atoms with van der Waals surface area (Å²) in [6.45, 7) is 6.42. The Morgan fingerprint density at radius 2 is 1.79 bits per heavy atom. The zero-order valence-electron chi connectivity index (χ0n) is 17.1. The van der Waals surface area contributed by atoms with Crippen LogP contribution in [0.4, 0.5) is 0 Å². The Labute approximate surface area is 171 Å². The molecule has 2 heterocycles. The summed E-state index contributed by atoms with van der Waals surface area (Å²) in [6.07, 6.45) is 5.77. The van der Waals surface area contributed by atoms with Gasteiger partial charge in [0.1, 0.15) is 11.5 Å². The first-order chi connectivity index (χ1) is 14.3. The van der Waals surface area contributed by atoms with Crippen molar-refractivity contribution >= 4 is 16.7 Å². The number of imidazole rings is 1. The zero-order valence-corrected chi connectivity index (χ0v) is 17.1. The van der Waals surface area contributed by atoms with E-state index in [1.165, 1.54) is 30.0 Å². The lowest BCUT2D eigenvalue weighted by Crippen LogP contribution is -2.53. The van der Waals surface area contributed by atoms with Crippen molar-refractivity contribution in [2.75, 3.05) is 26.2 Å². The van der Waals surface area contributed by atoms with Crippen molar-refractivity contribution in [3.63, 3.8) is 0 Å². The van der Waals surface area contributed by atoms with E-state index in [1.54, 1.807) is 6.20 Å². The highest BCUT2D eigenvalue weighted by atomic mass is 16.2. The molecule has 1 aliphatic carbocycles. The summed E-state index contributed by atoms with van der Waals surface area (Å²) in [6, 6.07) is 15.4. The van der Waals surface area contributed by atoms with Crippen LogP contribution < -0.4 is 0 Å². The van der Waals surface area contributed by atoms with Gasteiger partial charge in [-0.15, -0.1) is 0 Å². The first-order valence-corrected chi connectivity index (χ1v) is 10.8. The molecule has 5 nitrogen and oxygen atoms in total. The molecule has 0 N–H and O–H groups in total. The number of aromatic nitrogens is 2. The molecule has 1 saturated heterocycles. The molecular formula is C24H28N4O. The van der Waals surface area contributed by atoms with E-state index in [9.17, 15) is 4.79 Å². The normalized spacial score (nSPS) is 18.2. The van der Waals surface area contributed by atoms with E-state index in [2.05, 4.69) is 58.9 Å². The molecule has 1 amide bonds. The molecule has 0 spiro atoms. The van der Waals surface area contributed by atoms with Gasteiger partial charge in [-0.2, -0.15) is 0 Å². The molecule has 5 rings (SSSR count). The third-order valence-electron chi connectivity index (χ3n) is 6.61. The third kappa shape index (κ3) is 3.23. The standard InChI is InChI=1S/C24H28N4O/c1-2-28-22(24(29)27-15-13-26(14-16-27)19-9-6-10-19)17-25-23(28)21-12-5-8-18-7-3-4-11-20(18)21/h3-5,7-8,11-12,17,19H,2,6,9-10,13-16H2,1H3. The molecule has 150 valence electrons. The van der Waals surface area contributed by atoms with Crippen molar-refractivity contribution in [1.82, 2.24) is 19.4 Å². The maximum absolute atomic E-state index is 13.3. The van der Waals surface area contributed by atoms with Gasteiger partial charge in [0.25, 0.3) is 5.91 Å². The Morgan fingerprint density at radius 1 is 1.03 bits per heavy atom. The maximum Gasteiger partial charge on any atom is 0.272 e. The summed E-state index contributed by atoms with van der Waals surface area (Å²) in [7, 11) is 0. The van der Waals surface area contributed by atoms with Crippen LogP contribution in [0.1, 0.15) is 36.7 Å². The lowest BCUT2D eigenvalue weighted by molar-refractivity contribution is 0.0448. The number of amides is 1. The summed E-state index contributed by atoms with van der Waals surface area (Å²) >= 11 is 0. The third-order valence-corrected chi connectivity index (χ3v) is 6.61. The maximum atomic E-state index is 13.3. The predicted molar refractivity (Wildman–Crippen MR) is 116 cm³/mol. The van der Waals surface area contributed by atoms with Crippen LogP contribution in [0, 0.1) is 0 Å². The molecule has 0 radical (unpaired) electrons. The first kappa shape index (κ1) is 18.4. The fourth-order valence-electron chi connectivity index (χ4n) is 4.71. The first-order valence-electron chi connectivity index (χ1n) is 10.8. The van der Waals surface area contributed by atoms with Crippen LogP contribution >= 0.6 is 0 Å². The van der Waals surface area contributed by atoms with Gasteiger partial charge in [-0.25, -0.2) is 4.98 Å². The number of piperazine rings is 1. The molecule has 0 bridgehead atoms. The molecule has 0 unspecified atom stereocenters. The van der Waals surface area contributed by atoms with Crippen LogP contribution in [0.5, 0.6) is 0 Å². The van der Waals surface area contributed by atoms with Gasteiger partial charge in [0.2, 0.25) is 0 Å². The Bertz CT molecular complexity index is 1020. The average molecular weight is 389 g/mol. The average Bonchev–Trinajstić information content (AvgIpc) is 3.16. The van der Waals surface area contributed by atoms with Gasteiger partial charge in [-0.05, 0) is 30.5 Å². The summed E-state index contributed by atoms with van der Waals surface area (Å²) < 4.78 is 2.07. The van der Waals surface area contributed by atoms with Gasteiger partial charge in [-0.1, -0.05) is 48.9 Å². The molecule has 5 heteroatoms. The SMILES string of the molecule is CCn1c(C(=O)N2CCN(C3CCC3)CC2)cnc1-c1cccc2ccccc12. The minimum atomic E-state index is 0.110. The number of fused-ring (bicyclic) bond motifs is 1. The lowest BCUT2D eigenvalue weighted by Gasteiger charge is -2.42. The van der Waals surface area contributed by atoms with Crippen LogP contribution in [-0.2, 0) is 6.54 Å². The number of rotatable bonds is 4. The fraction of sp³-hybridized carbons (Fsp3) is 0.417. The zero-order chi connectivity index (χ0) is 19.8. The molecule has 1 aliphatic heterocycles. The molecule has 2 aliphatic rings. The molecular weight excluding hydrogens is 360 g/mol. The second-order valence-corrected chi connectivity index (χ2v) is 8.15. The summed E-state index contributed by atoms with van der Waals surface area (Å²) in [5, 5.41) is 2.36. The second-order valence-electron chi connectivity index (χ2n) is 8.15. The van der Waals surface area contributed by atoms with Crippen LogP contribution in [0.2, 0.25) is 0 Å². The van der Waals surface area contributed by atoms with Crippen LogP contribution in [0.15, 0.2) is 48.7 Å². The van der Waals surface area contributed by atoms with Crippen LogP contribution in [0.3, 0.4) is 0 Å². The minimum Gasteiger partial charge on any atom is -0.335 e. The summed E-state index contributed by atoms with van der Waals surface area (Å²) in [5.74, 6) is 0.986. The van der Waals surface area contributed by atoms with Gasteiger partial charge in [0.15, 0.2) is 0 Å². The van der Waals surface area contributed by atoms with Crippen molar-refractivity contribution in [3.05, 3.63) is 54.4 Å². The number of benzene rings is 2. The van der Waals surface area contributed by atoms with Crippen LogP contribution in [-0.4, -0.2) is 57.5 Å². The number of carbonyl (C=O) groups excluding carboxylic acids is 1. The van der Waals surface area contributed by atoms with E-state index in [0.717, 1.165) is 50.2 Å². The largest absolute Gasteiger partial charge is 0.335 e. The van der Waals surface area contributed by atoms with E-state index in [-0.39, 0.29) is 5.91 Å². The van der Waals surface area contributed by atoms with E-state index < -0.39 is 0 Å². The van der Waals surface area contributed by atoms with E-state index >= 15 is 0 Å². The smallest absolute Gasteiger partial charge is 0.272 e. The highest BCUT2D eigenvalue weighted by molar-refractivity contribution is 5.97. The number of hydrogen-bond acceptors (Lipinski definition) is 3. The van der Waals surface area contributed by atoms with Gasteiger partial charge in [-0.3, -0.25) is 9.69 Å². The quantitative estimate of drug-likeness (QED) is 0.677. The van der Waals surface area contributed by atoms with E-state index in [1.807, 2.05) is 4.90 Å². The van der Waals surface area contributed by atoms with Gasteiger partial charge in [0.05, 0.1) is 6.20 Å². The molecule has 2 aromatic carbocycles. The van der Waals surface area contributed by atoms with Gasteiger partial charge >= 0.3 is 0 Å². The van der Waals surface area contributed by atoms with E-state index in [0.29, 0.717) is 5.69 Å². The van der Waals surface area contributed by atoms with Crippen molar-refractivity contribution in [3.8, 4) is 11.4 Å². The van der Waals surface area contributed by atoms with Gasteiger partial charge < -0.3 is 9.47 Å². The number of nitrogens with zero attached hydrogens (tertiary/aromatic N) is 4. The molecule has 1 saturated carbocycles. The molecule has 3 aromatic rings. The molecule has 2 fully saturated rings. The minimum absolute atomic E-state index is 0.110. The van der Waals surface area contributed by atoms with Crippen molar-refractivity contribution < 1.29 is 4.79 Å². The van der Waals surface area contributed by atoms with Crippen molar-refractivity contribution in [1.29, 1.82) is 0 Å². The molecule has 1 aromatic heterocycles.